The van der Waals surface area contributed by atoms with Crippen molar-refractivity contribution in [3.8, 4) is 11.5 Å². The Kier molecular flexibility index (Phi) is 8.00. The van der Waals surface area contributed by atoms with Crippen LogP contribution in [0.15, 0.2) is 57.8 Å². The molecule has 0 atom stereocenters. The van der Waals surface area contributed by atoms with E-state index in [9.17, 15) is 13.2 Å². The van der Waals surface area contributed by atoms with E-state index in [1.165, 1.54) is 0 Å². The fourth-order valence-corrected chi connectivity index (χ4v) is 5.24. The van der Waals surface area contributed by atoms with Gasteiger partial charge in [0.25, 0.3) is 5.91 Å². The first-order chi connectivity index (χ1) is 16.8. The number of hydrogen-bond donors (Lipinski definition) is 1. The number of morpholine rings is 1. The lowest BCUT2D eigenvalue weighted by Crippen LogP contribution is -2.38. The topological polar surface area (TPSA) is 102 Å². The van der Waals surface area contributed by atoms with Crippen LogP contribution in [-0.4, -0.2) is 63.6 Å². The van der Waals surface area contributed by atoms with Gasteiger partial charge in [-0.05, 0) is 63.2 Å². The zero-order valence-corrected chi connectivity index (χ0v) is 20.9. The van der Waals surface area contributed by atoms with E-state index in [-0.39, 0.29) is 16.6 Å². The molecule has 186 valence electrons. The van der Waals surface area contributed by atoms with Crippen molar-refractivity contribution in [3.63, 3.8) is 0 Å². The predicted octanol–water partition coefficient (Wildman–Crippen LogP) is 3.38. The van der Waals surface area contributed by atoms with Gasteiger partial charge in [0, 0.05) is 30.8 Å². The summed E-state index contributed by atoms with van der Waals surface area (Å²) in [6.45, 7) is 8.58. The Balaban J connectivity index is 1.34. The molecule has 2 heterocycles. The van der Waals surface area contributed by atoms with Crippen LogP contribution >= 0.6 is 0 Å². The number of ether oxygens (including phenoxy) is 1. The number of aryl methyl sites for hydroxylation is 2. The van der Waals surface area contributed by atoms with Crippen LogP contribution in [0.1, 0.15) is 33.8 Å². The molecule has 1 amide bonds. The lowest BCUT2D eigenvalue weighted by atomic mass is 10.1. The third kappa shape index (κ3) is 6.56. The molecule has 1 saturated heterocycles. The van der Waals surface area contributed by atoms with E-state index in [2.05, 4.69) is 15.2 Å². The highest BCUT2D eigenvalue weighted by Gasteiger charge is 2.21. The maximum absolute atomic E-state index is 12.8. The molecule has 1 aliphatic heterocycles. The van der Waals surface area contributed by atoms with E-state index in [0.29, 0.717) is 35.0 Å². The van der Waals surface area contributed by atoms with Gasteiger partial charge in [-0.1, -0.05) is 17.7 Å². The van der Waals surface area contributed by atoms with E-state index in [4.69, 9.17) is 9.15 Å². The van der Waals surface area contributed by atoms with Gasteiger partial charge in [-0.2, -0.15) is 0 Å². The molecule has 0 bridgehead atoms. The molecule has 4 rings (SSSR count). The summed E-state index contributed by atoms with van der Waals surface area (Å²) >= 11 is 0. The van der Waals surface area contributed by atoms with Gasteiger partial charge in [0.2, 0.25) is 5.89 Å². The van der Waals surface area contributed by atoms with Crippen molar-refractivity contribution in [3.05, 3.63) is 71.1 Å². The Morgan fingerprint density at radius 1 is 1.03 bits per heavy atom. The first-order valence-corrected chi connectivity index (χ1v) is 13.4. The number of benzene rings is 2. The zero-order valence-electron chi connectivity index (χ0n) is 20.1. The molecule has 0 spiro atoms. The first kappa shape index (κ1) is 25.1. The average molecular weight is 498 g/mol. The van der Waals surface area contributed by atoms with Crippen LogP contribution in [0, 0.1) is 13.8 Å². The predicted molar refractivity (Wildman–Crippen MR) is 133 cm³/mol. The Morgan fingerprint density at radius 2 is 1.71 bits per heavy atom. The maximum atomic E-state index is 12.8. The average Bonchev–Trinajstić information content (AvgIpc) is 3.22. The molecule has 9 heteroatoms. The van der Waals surface area contributed by atoms with Gasteiger partial charge in [-0.15, -0.1) is 0 Å². The van der Waals surface area contributed by atoms with E-state index in [1.807, 2.05) is 6.92 Å². The molecule has 1 aromatic heterocycles. The Labute approximate surface area is 206 Å². The number of rotatable bonds is 9. The molecule has 1 aliphatic rings. The third-order valence-electron chi connectivity index (χ3n) is 6.03. The van der Waals surface area contributed by atoms with Gasteiger partial charge < -0.3 is 14.5 Å². The van der Waals surface area contributed by atoms with Crippen molar-refractivity contribution >= 4 is 15.7 Å². The largest absolute Gasteiger partial charge is 0.441 e. The van der Waals surface area contributed by atoms with Crippen molar-refractivity contribution in [1.82, 2.24) is 15.2 Å². The minimum atomic E-state index is -3.54. The number of hydrogen-bond acceptors (Lipinski definition) is 7. The van der Waals surface area contributed by atoms with Gasteiger partial charge in [0.05, 0.1) is 23.8 Å². The molecule has 2 aromatic carbocycles. The standard InChI is InChI=1S/C26H31N3O5S/c1-19-4-10-23(11-5-19)35(31,32)18-24-20(2)34-26(28-24)22-8-6-21(7-9-22)25(30)27-12-3-13-29-14-16-33-17-15-29/h4-11H,3,12-18H2,1-2H3,(H,27,30). The SMILES string of the molecule is Cc1ccc(S(=O)(=O)Cc2nc(-c3ccc(C(=O)NCCCN4CCOCC4)cc3)oc2C)cc1. The zero-order chi connectivity index (χ0) is 24.8. The summed E-state index contributed by atoms with van der Waals surface area (Å²) in [4.78, 5) is 19.5. The molecule has 0 aliphatic carbocycles. The summed E-state index contributed by atoms with van der Waals surface area (Å²) in [5.74, 6) is 0.412. The summed E-state index contributed by atoms with van der Waals surface area (Å²) in [6.07, 6.45) is 0.883. The molecule has 8 nitrogen and oxygen atoms in total. The summed E-state index contributed by atoms with van der Waals surface area (Å²) in [6, 6.07) is 13.7. The molecule has 35 heavy (non-hydrogen) atoms. The third-order valence-corrected chi connectivity index (χ3v) is 7.68. The summed E-state index contributed by atoms with van der Waals surface area (Å²) in [5, 5.41) is 2.95. The van der Waals surface area contributed by atoms with E-state index in [0.717, 1.165) is 44.8 Å². The number of carbonyl (C=O) groups excluding carboxylic acids is 1. The molecular weight excluding hydrogens is 466 g/mol. The number of oxazole rings is 1. The minimum Gasteiger partial charge on any atom is -0.441 e. The molecule has 0 radical (unpaired) electrons. The second-order valence-corrected chi connectivity index (χ2v) is 10.7. The molecule has 3 aromatic rings. The van der Waals surface area contributed by atoms with Gasteiger partial charge in [-0.3, -0.25) is 9.69 Å². The Hall–Kier alpha value is -3.01. The van der Waals surface area contributed by atoms with Crippen LogP contribution in [0.5, 0.6) is 0 Å². The fourth-order valence-electron chi connectivity index (χ4n) is 3.89. The Bertz CT molecular complexity index is 1250. The van der Waals surface area contributed by atoms with Crippen LogP contribution in [-0.2, 0) is 20.3 Å². The molecule has 0 saturated carbocycles. The lowest BCUT2D eigenvalue weighted by Gasteiger charge is -2.26. The number of nitrogens with one attached hydrogen (secondary N) is 1. The van der Waals surface area contributed by atoms with Crippen LogP contribution in [0.4, 0.5) is 0 Å². The molecule has 1 N–H and O–H groups in total. The summed E-state index contributed by atoms with van der Waals surface area (Å²) in [5.41, 5.74) is 2.60. The quantitative estimate of drug-likeness (QED) is 0.452. The van der Waals surface area contributed by atoms with Crippen LogP contribution in [0.25, 0.3) is 11.5 Å². The van der Waals surface area contributed by atoms with E-state index >= 15 is 0 Å². The van der Waals surface area contributed by atoms with Gasteiger partial charge in [0.1, 0.15) is 11.5 Å². The number of aromatic nitrogens is 1. The lowest BCUT2D eigenvalue weighted by molar-refractivity contribution is 0.0374. The van der Waals surface area contributed by atoms with E-state index in [1.54, 1.807) is 55.5 Å². The van der Waals surface area contributed by atoms with Crippen molar-refractivity contribution in [1.29, 1.82) is 0 Å². The van der Waals surface area contributed by atoms with Crippen LogP contribution in [0.2, 0.25) is 0 Å². The minimum absolute atomic E-state index is 0.132. The van der Waals surface area contributed by atoms with Crippen LogP contribution < -0.4 is 5.32 Å². The first-order valence-electron chi connectivity index (χ1n) is 11.8. The fraction of sp³-hybridized carbons (Fsp3) is 0.385. The van der Waals surface area contributed by atoms with Gasteiger partial charge in [-0.25, -0.2) is 13.4 Å². The second-order valence-electron chi connectivity index (χ2n) is 8.73. The number of sulfone groups is 1. The summed E-state index contributed by atoms with van der Waals surface area (Å²) in [7, 11) is -3.54. The highest BCUT2D eigenvalue weighted by Crippen LogP contribution is 2.25. The Morgan fingerprint density at radius 3 is 2.40 bits per heavy atom. The smallest absolute Gasteiger partial charge is 0.251 e. The molecule has 1 fully saturated rings. The maximum Gasteiger partial charge on any atom is 0.251 e. The molecule has 0 unspecified atom stereocenters. The van der Waals surface area contributed by atoms with Crippen molar-refractivity contribution in [2.45, 2.75) is 30.9 Å². The van der Waals surface area contributed by atoms with Gasteiger partial charge >= 0.3 is 0 Å². The normalized spacial score (nSPS) is 14.7. The van der Waals surface area contributed by atoms with Crippen LogP contribution in [0.3, 0.4) is 0 Å². The van der Waals surface area contributed by atoms with Crippen molar-refractivity contribution < 1.29 is 22.4 Å². The van der Waals surface area contributed by atoms with Crippen molar-refractivity contribution in [2.24, 2.45) is 0 Å². The number of nitrogens with zero attached hydrogens (tertiary/aromatic N) is 2. The van der Waals surface area contributed by atoms with Crippen molar-refractivity contribution in [2.75, 3.05) is 39.4 Å². The highest BCUT2D eigenvalue weighted by molar-refractivity contribution is 7.90. The van der Waals surface area contributed by atoms with E-state index < -0.39 is 9.84 Å². The highest BCUT2D eigenvalue weighted by atomic mass is 32.2. The summed E-state index contributed by atoms with van der Waals surface area (Å²) < 4.78 is 36.7. The number of amides is 1. The second kappa shape index (κ2) is 11.2. The molecular formula is C26H31N3O5S. The van der Waals surface area contributed by atoms with Gasteiger partial charge in [0.15, 0.2) is 9.84 Å². The monoisotopic (exact) mass is 497 g/mol. The number of carbonyl (C=O) groups is 1.